The van der Waals surface area contributed by atoms with Gasteiger partial charge in [-0.2, -0.15) is 0 Å². The number of carbonyl (C=O) groups is 2. The summed E-state index contributed by atoms with van der Waals surface area (Å²) in [5.41, 5.74) is 1.08. The Kier molecular flexibility index (Phi) is 4.16. The molecule has 0 aromatic heterocycles. The van der Waals surface area contributed by atoms with Crippen LogP contribution in [0.25, 0.3) is 0 Å². The summed E-state index contributed by atoms with van der Waals surface area (Å²) in [5.74, 6) is -1.28. The lowest BCUT2D eigenvalue weighted by molar-refractivity contribution is -0.169. The molecule has 5 heteroatoms. The predicted molar refractivity (Wildman–Crippen MR) is 68.7 cm³/mol. The van der Waals surface area contributed by atoms with Crippen molar-refractivity contribution in [1.29, 1.82) is 0 Å². The van der Waals surface area contributed by atoms with Crippen LogP contribution < -0.4 is 0 Å². The largest absolute Gasteiger partial charge is 0.480 e. The van der Waals surface area contributed by atoms with Gasteiger partial charge in [-0.15, -0.1) is 0 Å². The van der Waals surface area contributed by atoms with Gasteiger partial charge in [0.15, 0.2) is 6.04 Å². The third-order valence-corrected chi connectivity index (χ3v) is 3.28. The lowest BCUT2D eigenvalue weighted by Gasteiger charge is -2.35. The lowest BCUT2D eigenvalue weighted by atomic mass is 10.1. The second kappa shape index (κ2) is 5.84. The first-order chi connectivity index (χ1) is 9.09. The normalized spacial score (nSPS) is 23.4. The predicted octanol–water partition coefficient (Wildman–Crippen LogP) is 0.930. The average Bonchev–Trinajstić information content (AvgIpc) is 2.41. The maximum atomic E-state index is 12.0. The number of hydrogen-bond acceptors (Lipinski definition) is 3. The molecule has 1 amide bonds. The summed E-state index contributed by atoms with van der Waals surface area (Å²) in [5, 5.41) is 9.14. The number of benzene rings is 1. The van der Waals surface area contributed by atoms with Crippen molar-refractivity contribution in [1.82, 2.24) is 4.90 Å². The number of nitrogens with zero attached hydrogens (tertiary/aromatic N) is 1. The Morgan fingerprint density at radius 1 is 1.42 bits per heavy atom. The highest BCUT2D eigenvalue weighted by Gasteiger charge is 2.37. The fourth-order valence-electron chi connectivity index (χ4n) is 2.15. The monoisotopic (exact) mass is 263 g/mol. The molecule has 19 heavy (non-hydrogen) atoms. The Bertz CT molecular complexity index is 460. The minimum atomic E-state index is -1.02. The SMILES string of the molecule is CC1OCC(C(=O)O)N(CCc2ccccc2)C1=O. The maximum absolute atomic E-state index is 12.0. The number of carbonyl (C=O) groups excluding carboxylic acids is 1. The van der Waals surface area contributed by atoms with Gasteiger partial charge in [0.25, 0.3) is 5.91 Å². The van der Waals surface area contributed by atoms with E-state index in [1.165, 1.54) is 4.90 Å². The molecule has 1 aromatic rings. The van der Waals surface area contributed by atoms with Crippen molar-refractivity contribution in [2.75, 3.05) is 13.2 Å². The highest BCUT2D eigenvalue weighted by Crippen LogP contribution is 2.14. The fraction of sp³-hybridized carbons (Fsp3) is 0.429. The van der Waals surface area contributed by atoms with Crippen molar-refractivity contribution in [2.24, 2.45) is 0 Å². The molecular weight excluding hydrogens is 246 g/mol. The number of hydrogen-bond donors (Lipinski definition) is 1. The molecule has 1 saturated heterocycles. The number of aliphatic carboxylic acids is 1. The van der Waals surface area contributed by atoms with Crippen molar-refractivity contribution in [3.05, 3.63) is 35.9 Å². The van der Waals surface area contributed by atoms with Gasteiger partial charge < -0.3 is 14.7 Å². The van der Waals surface area contributed by atoms with E-state index in [4.69, 9.17) is 9.84 Å². The van der Waals surface area contributed by atoms with Crippen molar-refractivity contribution in [3.8, 4) is 0 Å². The zero-order valence-electron chi connectivity index (χ0n) is 10.8. The van der Waals surface area contributed by atoms with Crippen LogP contribution in [0.15, 0.2) is 30.3 Å². The van der Waals surface area contributed by atoms with Crippen LogP contribution >= 0.6 is 0 Å². The summed E-state index contributed by atoms with van der Waals surface area (Å²) < 4.78 is 5.17. The Balaban J connectivity index is 2.05. The molecule has 2 unspecified atom stereocenters. The van der Waals surface area contributed by atoms with Gasteiger partial charge >= 0.3 is 5.97 Å². The van der Waals surface area contributed by atoms with Gasteiger partial charge in [-0.1, -0.05) is 30.3 Å². The molecule has 5 nitrogen and oxygen atoms in total. The van der Waals surface area contributed by atoms with E-state index in [9.17, 15) is 9.59 Å². The first kappa shape index (κ1) is 13.5. The van der Waals surface area contributed by atoms with E-state index >= 15 is 0 Å². The van der Waals surface area contributed by atoms with Crippen LogP contribution in [-0.4, -0.2) is 47.2 Å². The highest BCUT2D eigenvalue weighted by atomic mass is 16.5. The van der Waals surface area contributed by atoms with Crippen molar-refractivity contribution < 1.29 is 19.4 Å². The summed E-state index contributed by atoms with van der Waals surface area (Å²) in [6, 6.07) is 8.81. The number of rotatable bonds is 4. The van der Waals surface area contributed by atoms with Crippen molar-refractivity contribution >= 4 is 11.9 Å². The number of carboxylic acids is 1. The van der Waals surface area contributed by atoms with Gasteiger partial charge in [0, 0.05) is 6.54 Å². The van der Waals surface area contributed by atoms with Gasteiger partial charge in [0.05, 0.1) is 6.61 Å². The molecule has 0 radical (unpaired) electrons. The molecule has 1 aliphatic rings. The number of morpholine rings is 1. The van der Waals surface area contributed by atoms with Crippen LogP contribution in [0, 0.1) is 0 Å². The molecule has 1 aromatic carbocycles. The molecule has 0 saturated carbocycles. The molecule has 1 N–H and O–H groups in total. The Labute approximate surface area is 111 Å². The summed E-state index contributed by atoms with van der Waals surface area (Å²) in [7, 11) is 0. The molecule has 2 rings (SSSR count). The third-order valence-electron chi connectivity index (χ3n) is 3.28. The number of carboxylic acid groups (broad SMARTS) is 1. The van der Waals surface area contributed by atoms with Crippen LogP contribution in [0.4, 0.5) is 0 Å². The van der Waals surface area contributed by atoms with Crippen LogP contribution in [0.1, 0.15) is 12.5 Å². The molecule has 1 aliphatic heterocycles. The molecule has 0 spiro atoms. The van der Waals surface area contributed by atoms with E-state index in [-0.39, 0.29) is 12.5 Å². The standard InChI is InChI=1S/C14H17NO4/c1-10-13(16)15(12(9-19-10)14(17)18)8-7-11-5-3-2-4-6-11/h2-6,10,12H,7-9H2,1H3,(H,17,18). The molecule has 0 bridgehead atoms. The van der Waals surface area contributed by atoms with Gasteiger partial charge in [-0.3, -0.25) is 4.79 Å². The highest BCUT2D eigenvalue weighted by molar-refractivity contribution is 5.87. The molecule has 2 atom stereocenters. The Hall–Kier alpha value is -1.88. The number of ether oxygens (including phenoxy) is 1. The van der Waals surface area contributed by atoms with Crippen molar-refractivity contribution in [3.63, 3.8) is 0 Å². The average molecular weight is 263 g/mol. The second-order valence-electron chi connectivity index (χ2n) is 4.60. The molecule has 0 aliphatic carbocycles. The van der Waals surface area contributed by atoms with E-state index in [2.05, 4.69) is 0 Å². The van der Waals surface area contributed by atoms with Crippen LogP contribution in [-0.2, 0) is 20.7 Å². The van der Waals surface area contributed by atoms with Gasteiger partial charge in [-0.05, 0) is 18.9 Å². The van der Waals surface area contributed by atoms with Crippen molar-refractivity contribution in [2.45, 2.75) is 25.5 Å². The third kappa shape index (κ3) is 3.12. The quantitative estimate of drug-likeness (QED) is 0.877. The first-order valence-electron chi connectivity index (χ1n) is 6.28. The van der Waals surface area contributed by atoms with Gasteiger partial charge in [-0.25, -0.2) is 4.79 Å². The molecular formula is C14H17NO4. The van der Waals surface area contributed by atoms with E-state index < -0.39 is 18.1 Å². The molecule has 102 valence electrons. The summed E-state index contributed by atoms with van der Waals surface area (Å²) in [4.78, 5) is 24.6. The second-order valence-corrected chi connectivity index (χ2v) is 4.60. The molecule has 1 fully saturated rings. The van der Waals surface area contributed by atoms with E-state index in [1.807, 2.05) is 30.3 Å². The van der Waals surface area contributed by atoms with E-state index in [0.29, 0.717) is 13.0 Å². The first-order valence-corrected chi connectivity index (χ1v) is 6.28. The van der Waals surface area contributed by atoms with Crippen LogP contribution in [0.5, 0.6) is 0 Å². The zero-order valence-corrected chi connectivity index (χ0v) is 10.8. The smallest absolute Gasteiger partial charge is 0.328 e. The summed E-state index contributed by atoms with van der Waals surface area (Å²) in [6.45, 7) is 2.10. The zero-order chi connectivity index (χ0) is 13.8. The Morgan fingerprint density at radius 3 is 2.74 bits per heavy atom. The topological polar surface area (TPSA) is 66.8 Å². The lowest BCUT2D eigenvalue weighted by Crippen LogP contribution is -2.56. The minimum Gasteiger partial charge on any atom is -0.480 e. The van der Waals surface area contributed by atoms with Gasteiger partial charge in [0.2, 0.25) is 0 Å². The Morgan fingerprint density at radius 2 is 2.11 bits per heavy atom. The van der Waals surface area contributed by atoms with Crippen LogP contribution in [0.3, 0.4) is 0 Å². The number of amides is 1. The minimum absolute atomic E-state index is 0.0526. The van der Waals surface area contributed by atoms with Gasteiger partial charge in [0.1, 0.15) is 6.10 Å². The fourth-order valence-corrected chi connectivity index (χ4v) is 2.15. The molecule has 1 heterocycles. The van der Waals surface area contributed by atoms with E-state index in [1.54, 1.807) is 6.92 Å². The van der Waals surface area contributed by atoms with E-state index in [0.717, 1.165) is 5.56 Å². The summed E-state index contributed by atoms with van der Waals surface area (Å²) in [6.07, 6.45) is 0.0784. The maximum Gasteiger partial charge on any atom is 0.328 e. The van der Waals surface area contributed by atoms with Crippen LogP contribution in [0.2, 0.25) is 0 Å². The summed E-state index contributed by atoms with van der Waals surface area (Å²) >= 11 is 0.